The van der Waals surface area contributed by atoms with Crippen LogP contribution in [0.25, 0.3) is 10.9 Å². The van der Waals surface area contributed by atoms with Gasteiger partial charge in [-0.05, 0) is 25.5 Å². The first kappa shape index (κ1) is 43.5. The zero-order chi connectivity index (χ0) is 40.0. The van der Waals surface area contributed by atoms with Crippen LogP contribution in [-0.4, -0.2) is 151 Å². The van der Waals surface area contributed by atoms with Gasteiger partial charge in [-0.1, -0.05) is 18.2 Å². The van der Waals surface area contributed by atoms with Gasteiger partial charge >= 0.3 is 11.9 Å². The number of carboxylic acid groups (broad SMARTS) is 2. The summed E-state index contributed by atoms with van der Waals surface area (Å²) in [6.45, 7) is -0.793. The van der Waals surface area contributed by atoms with E-state index in [1.54, 1.807) is 30.5 Å². The molecular formula is C31H44N8O14. The smallest absolute Gasteiger partial charge is 0.325 e. The van der Waals surface area contributed by atoms with E-state index in [-0.39, 0.29) is 6.42 Å². The fourth-order valence-corrected chi connectivity index (χ4v) is 4.70. The van der Waals surface area contributed by atoms with Crippen molar-refractivity contribution in [1.29, 1.82) is 0 Å². The lowest BCUT2D eigenvalue weighted by Crippen LogP contribution is -2.62. The van der Waals surface area contributed by atoms with Crippen LogP contribution >= 0.6 is 0 Å². The van der Waals surface area contributed by atoms with Crippen LogP contribution in [0.5, 0.6) is 0 Å². The lowest BCUT2D eigenvalue weighted by Gasteiger charge is -2.26. The van der Waals surface area contributed by atoms with Crippen LogP contribution in [-0.2, 0) is 44.8 Å². The quantitative estimate of drug-likeness (QED) is 0.0564. The molecule has 0 aliphatic heterocycles. The molecule has 1 aromatic carbocycles. The lowest BCUT2D eigenvalue weighted by molar-refractivity contribution is -0.142. The fraction of sp³-hybridized carbons (Fsp3) is 0.484. The number of carboxylic acids is 2. The highest BCUT2D eigenvalue weighted by Gasteiger charge is 2.35. The van der Waals surface area contributed by atoms with Crippen molar-refractivity contribution in [3.8, 4) is 0 Å². The molecule has 53 heavy (non-hydrogen) atoms. The van der Waals surface area contributed by atoms with Gasteiger partial charge in [-0.15, -0.1) is 0 Å². The molecule has 0 spiro atoms. The third-order valence-electron chi connectivity index (χ3n) is 7.70. The number of carbonyl (C=O) groups is 8. The van der Waals surface area contributed by atoms with Gasteiger partial charge in [0.25, 0.3) is 0 Å². The Hall–Kier alpha value is -5.68. The van der Waals surface area contributed by atoms with Crippen molar-refractivity contribution in [2.75, 3.05) is 19.8 Å². The Kier molecular flexibility index (Phi) is 16.7. The van der Waals surface area contributed by atoms with Crippen molar-refractivity contribution in [2.24, 2.45) is 5.73 Å². The van der Waals surface area contributed by atoms with E-state index in [1.165, 1.54) is 0 Å². The second-order valence-electron chi connectivity index (χ2n) is 11.9. The minimum absolute atomic E-state index is 0.162. The van der Waals surface area contributed by atoms with E-state index in [1.807, 2.05) is 21.3 Å². The summed E-state index contributed by atoms with van der Waals surface area (Å²) in [7, 11) is 0. The number of aliphatic carboxylic acids is 2. The highest BCUT2D eigenvalue weighted by atomic mass is 16.4. The van der Waals surface area contributed by atoms with Crippen LogP contribution in [0.4, 0.5) is 0 Å². The Morgan fingerprint density at radius 1 is 0.679 bits per heavy atom. The second kappa shape index (κ2) is 20.4. The number of amides is 6. The standard InChI is InChI=1S/C31H44N8O14/c1-13(31(52)53)34-30(51)24(14(2)43)39-29(50)22(12-42)38-27(48)20(8-23(44)45)36-28(49)21(11-41)37-26(47)19(35-25(46)17(32)10-40)7-15-9-33-18-6-4-3-5-16(15)18/h3-6,9,13-14,17,19-22,24,33,40-43H,7-8,10-12,32H2,1-2H3,(H,34,51)(H,35,46)(H,36,49)(H,37,47)(H,38,48)(H,39,50)(H,44,45)(H,52,53)/t13-,14+,17-,19-,20-,21-,22-,24-/m0/s1. The predicted octanol–water partition coefficient (Wildman–Crippen LogP) is -6.12. The van der Waals surface area contributed by atoms with Crippen molar-refractivity contribution in [3.05, 3.63) is 36.0 Å². The number of rotatable bonds is 21. The molecule has 15 N–H and O–H groups in total. The molecule has 0 saturated carbocycles. The number of para-hydroxylation sites is 1. The number of aliphatic hydroxyl groups excluding tert-OH is 4. The third-order valence-corrected chi connectivity index (χ3v) is 7.70. The van der Waals surface area contributed by atoms with Gasteiger partial charge in [-0.3, -0.25) is 38.4 Å². The van der Waals surface area contributed by atoms with Crippen LogP contribution in [0.2, 0.25) is 0 Å². The highest BCUT2D eigenvalue weighted by Crippen LogP contribution is 2.19. The third kappa shape index (κ3) is 12.8. The normalized spacial score (nSPS) is 15.6. The Morgan fingerprint density at radius 2 is 1.19 bits per heavy atom. The van der Waals surface area contributed by atoms with E-state index in [4.69, 9.17) is 10.8 Å². The molecule has 2 rings (SSSR count). The number of H-pyrrole nitrogens is 1. The molecule has 0 aliphatic rings. The number of nitrogens with two attached hydrogens (primary N) is 1. The number of hydrogen-bond acceptors (Lipinski definition) is 13. The van der Waals surface area contributed by atoms with E-state index < -0.39 is 122 Å². The fourth-order valence-electron chi connectivity index (χ4n) is 4.70. The van der Waals surface area contributed by atoms with Gasteiger partial charge in [0.05, 0.1) is 32.3 Å². The molecule has 6 amide bonds. The number of hydrogen-bond donors (Lipinski definition) is 14. The molecule has 0 bridgehead atoms. The summed E-state index contributed by atoms with van der Waals surface area (Å²) in [4.78, 5) is 103. The van der Waals surface area contributed by atoms with E-state index in [2.05, 4.69) is 15.6 Å². The van der Waals surface area contributed by atoms with Gasteiger partial charge in [0.2, 0.25) is 35.4 Å². The van der Waals surface area contributed by atoms with Crippen molar-refractivity contribution >= 4 is 58.3 Å². The molecule has 0 saturated heterocycles. The van der Waals surface area contributed by atoms with E-state index in [0.717, 1.165) is 13.8 Å². The van der Waals surface area contributed by atoms with Crippen molar-refractivity contribution in [3.63, 3.8) is 0 Å². The van der Waals surface area contributed by atoms with Gasteiger partial charge in [0, 0.05) is 23.5 Å². The van der Waals surface area contributed by atoms with E-state index in [0.29, 0.717) is 16.5 Å². The Balaban J connectivity index is 2.22. The minimum Gasteiger partial charge on any atom is -0.481 e. The Morgan fingerprint density at radius 3 is 1.72 bits per heavy atom. The molecule has 8 atom stereocenters. The zero-order valence-electron chi connectivity index (χ0n) is 28.6. The molecule has 0 aliphatic carbocycles. The summed E-state index contributed by atoms with van der Waals surface area (Å²) in [5.41, 5.74) is 6.85. The van der Waals surface area contributed by atoms with E-state index in [9.17, 15) is 63.9 Å². The molecule has 0 fully saturated rings. The highest BCUT2D eigenvalue weighted by molar-refractivity contribution is 5.98. The van der Waals surface area contributed by atoms with Gasteiger partial charge in [-0.2, -0.15) is 0 Å². The molecular weight excluding hydrogens is 708 g/mol. The number of carbonyl (C=O) groups excluding carboxylic acids is 6. The minimum atomic E-state index is -1.98. The topological polar surface area (TPSA) is 372 Å². The van der Waals surface area contributed by atoms with Crippen molar-refractivity contribution < 1.29 is 69.0 Å². The summed E-state index contributed by atoms with van der Waals surface area (Å²) >= 11 is 0. The number of benzene rings is 1. The number of aromatic amines is 1. The first-order chi connectivity index (χ1) is 24.9. The Bertz CT molecular complexity index is 1650. The molecule has 2 aromatic rings. The van der Waals surface area contributed by atoms with E-state index >= 15 is 0 Å². The molecule has 22 nitrogen and oxygen atoms in total. The summed E-state index contributed by atoms with van der Waals surface area (Å²) in [6, 6.07) is -4.75. The summed E-state index contributed by atoms with van der Waals surface area (Å²) in [5, 5.41) is 70.8. The molecule has 1 heterocycles. The number of aromatic nitrogens is 1. The van der Waals surface area contributed by atoms with Gasteiger partial charge in [0.1, 0.15) is 42.3 Å². The van der Waals surface area contributed by atoms with Crippen molar-refractivity contribution in [2.45, 2.75) is 75.1 Å². The Labute approximate surface area is 300 Å². The van der Waals surface area contributed by atoms with Gasteiger partial charge in [0.15, 0.2) is 0 Å². The summed E-state index contributed by atoms with van der Waals surface area (Å²) in [6.07, 6.45) is -1.29. The number of nitrogens with one attached hydrogen (secondary N) is 7. The lowest BCUT2D eigenvalue weighted by atomic mass is 10.0. The maximum absolute atomic E-state index is 13.4. The van der Waals surface area contributed by atoms with Crippen LogP contribution in [0.15, 0.2) is 30.5 Å². The van der Waals surface area contributed by atoms with Gasteiger partial charge in [-0.25, -0.2) is 0 Å². The molecule has 292 valence electrons. The first-order valence-electron chi connectivity index (χ1n) is 16.0. The average Bonchev–Trinajstić information content (AvgIpc) is 3.52. The molecule has 22 heteroatoms. The monoisotopic (exact) mass is 752 g/mol. The number of aliphatic hydroxyl groups is 4. The first-order valence-corrected chi connectivity index (χ1v) is 16.0. The van der Waals surface area contributed by atoms with Crippen molar-refractivity contribution in [1.82, 2.24) is 36.9 Å². The maximum Gasteiger partial charge on any atom is 0.325 e. The molecule has 1 aromatic heterocycles. The number of fused-ring (bicyclic) bond motifs is 1. The summed E-state index contributed by atoms with van der Waals surface area (Å²) < 4.78 is 0. The SMILES string of the molecule is C[C@H](NC(=O)[C@@H](NC(=O)[C@H](CO)NC(=O)[C@H](CC(=O)O)NC(=O)[C@H](CO)NC(=O)[C@H](Cc1c[nH]c2ccccc12)NC(=O)[C@@H](N)CO)[C@@H](C)O)C(=O)O. The van der Waals surface area contributed by atoms with Crippen LogP contribution in [0.3, 0.4) is 0 Å². The summed E-state index contributed by atoms with van der Waals surface area (Å²) in [5.74, 6) is -10.0. The van der Waals surface area contributed by atoms with Crippen LogP contribution in [0.1, 0.15) is 25.8 Å². The average molecular weight is 753 g/mol. The second-order valence-corrected chi connectivity index (χ2v) is 11.9. The van der Waals surface area contributed by atoms with Crippen LogP contribution < -0.4 is 37.6 Å². The predicted molar refractivity (Wildman–Crippen MR) is 180 cm³/mol. The zero-order valence-corrected chi connectivity index (χ0v) is 28.6. The largest absolute Gasteiger partial charge is 0.481 e. The molecule has 0 unspecified atom stereocenters. The van der Waals surface area contributed by atoms with Gasteiger partial charge < -0.3 is 73.3 Å². The molecule has 0 radical (unpaired) electrons. The van der Waals surface area contributed by atoms with Crippen LogP contribution in [0, 0.1) is 0 Å². The maximum atomic E-state index is 13.4.